The molecule has 0 amide bonds. The van der Waals surface area contributed by atoms with Crippen LogP contribution in [-0.2, 0) is 16.4 Å². The molecule has 0 saturated heterocycles. The summed E-state index contributed by atoms with van der Waals surface area (Å²) in [5.74, 6) is 0.325. The Morgan fingerprint density at radius 3 is 2.76 bits per heavy atom. The zero-order valence-electron chi connectivity index (χ0n) is 12.1. The van der Waals surface area contributed by atoms with Crippen LogP contribution in [0.3, 0.4) is 0 Å². The Morgan fingerprint density at radius 2 is 2.14 bits per heavy atom. The van der Waals surface area contributed by atoms with Crippen molar-refractivity contribution in [2.24, 2.45) is 0 Å². The van der Waals surface area contributed by atoms with E-state index >= 15 is 0 Å². The number of rotatable bonds is 6. The molecule has 6 nitrogen and oxygen atoms in total. The highest BCUT2D eigenvalue weighted by Crippen LogP contribution is 2.24. The highest BCUT2D eigenvalue weighted by Gasteiger charge is 2.23. The summed E-state index contributed by atoms with van der Waals surface area (Å²) in [5, 5.41) is 3.54. The highest BCUT2D eigenvalue weighted by molar-refractivity contribution is 7.89. The van der Waals surface area contributed by atoms with Crippen LogP contribution >= 0.6 is 11.3 Å². The molecular weight excluding hydrogens is 308 g/mol. The quantitative estimate of drug-likeness (QED) is 0.850. The molecule has 0 aliphatic rings. The average Bonchev–Trinajstić information content (AvgIpc) is 2.96. The SMILES string of the molecule is CCc1cnc(C(C)NS(=O)(=O)c2cccnc2NC)s1. The van der Waals surface area contributed by atoms with Gasteiger partial charge in [-0.25, -0.2) is 23.1 Å². The number of hydrogen-bond acceptors (Lipinski definition) is 6. The van der Waals surface area contributed by atoms with Gasteiger partial charge in [-0.3, -0.25) is 0 Å². The van der Waals surface area contributed by atoms with Crippen molar-refractivity contribution in [3.63, 3.8) is 0 Å². The van der Waals surface area contributed by atoms with Crippen LogP contribution in [0.25, 0.3) is 0 Å². The molecule has 0 radical (unpaired) electrons. The molecule has 1 unspecified atom stereocenters. The van der Waals surface area contributed by atoms with E-state index in [2.05, 4.69) is 20.0 Å². The number of hydrogen-bond donors (Lipinski definition) is 2. The molecule has 0 aromatic carbocycles. The second kappa shape index (κ2) is 6.50. The van der Waals surface area contributed by atoms with Gasteiger partial charge in [0.2, 0.25) is 10.0 Å². The van der Waals surface area contributed by atoms with Crippen LogP contribution in [0.15, 0.2) is 29.4 Å². The molecule has 0 bridgehead atoms. The average molecular weight is 326 g/mol. The number of pyridine rings is 1. The highest BCUT2D eigenvalue weighted by atomic mass is 32.2. The number of nitrogens with zero attached hydrogens (tertiary/aromatic N) is 2. The first-order valence-corrected chi connectivity index (χ1v) is 8.87. The largest absolute Gasteiger partial charge is 0.372 e. The molecule has 2 rings (SSSR count). The van der Waals surface area contributed by atoms with E-state index in [4.69, 9.17) is 0 Å². The third kappa shape index (κ3) is 3.58. The minimum atomic E-state index is -3.66. The summed E-state index contributed by atoms with van der Waals surface area (Å²) in [6.45, 7) is 3.83. The van der Waals surface area contributed by atoms with Gasteiger partial charge in [-0.1, -0.05) is 6.92 Å². The van der Waals surface area contributed by atoms with Gasteiger partial charge in [-0.05, 0) is 25.5 Å². The van der Waals surface area contributed by atoms with E-state index < -0.39 is 10.0 Å². The van der Waals surface area contributed by atoms with Crippen LogP contribution < -0.4 is 10.0 Å². The van der Waals surface area contributed by atoms with E-state index in [0.717, 1.165) is 16.3 Å². The van der Waals surface area contributed by atoms with Gasteiger partial charge in [-0.2, -0.15) is 0 Å². The normalized spacial score (nSPS) is 13.1. The first kappa shape index (κ1) is 15.9. The summed E-state index contributed by atoms with van der Waals surface area (Å²) in [6, 6.07) is 2.73. The molecule has 2 aromatic rings. The van der Waals surface area contributed by atoms with Crippen LogP contribution in [0.4, 0.5) is 5.82 Å². The Balaban J connectivity index is 2.24. The molecule has 2 aromatic heterocycles. The maximum atomic E-state index is 12.5. The van der Waals surface area contributed by atoms with Gasteiger partial charge in [0.05, 0.1) is 6.04 Å². The smallest absolute Gasteiger partial charge is 0.244 e. The van der Waals surface area contributed by atoms with Crippen LogP contribution in [0.1, 0.15) is 29.8 Å². The van der Waals surface area contributed by atoms with Crippen LogP contribution in [0.2, 0.25) is 0 Å². The predicted molar refractivity (Wildman–Crippen MR) is 84.0 cm³/mol. The van der Waals surface area contributed by atoms with Crippen molar-refractivity contribution in [1.29, 1.82) is 0 Å². The van der Waals surface area contributed by atoms with Crippen molar-refractivity contribution in [3.05, 3.63) is 34.4 Å². The van der Waals surface area contributed by atoms with E-state index in [9.17, 15) is 8.42 Å². The number of aryl methyl sites for hydroxylation is 1. The lowest BCUT2D eigenvalue weighted by atomic mass is 10.4. The third-order valence-corrected chi connectivity index (χ3v) is 5.82. The molecular formula is C13H18N4O2S2. The topological polar surface area (TPSA) is 84.0 Å². The molecule has 8 heteroatoms. The zero-order chi connectivity index (χ0) is 15.5. The van der Waals surface area contributed by atoms with E-state index in [1.165, 1.54) is 17.4 Å². The van der Waals surface area contributed by atoms with Crippen molar-refractivity contribution in [2.75, 3.05) is 12.4 Å². The second-order valence-corrected chi connectivity index (χ2v) is 7.29. The van der Waals surface area contributed by atoms with Gasteiger partial charge in [0, 0.05) is 24.3 Å². The Bertz CT molecular complexity index is 712. The minimum absolute atomic E-state index is 0.131. The van der Waals surface area contributed by atoms with Crippen LogP contribution in [0, 0.1) is 0 Å². The summed E-state index contributed by atoms with van der Waals surface area (Å²) < 4.78 is 27.6. The number of aromatic nitrogens is 2. The minimum Gasteiger partial charge on any atom is -0.372 e. The molecule has 0 saturated carbocycles. The Labute approximate surface area is 128 Å². The summed E-state index contributed by atoms with van der Waals surface area (Å²) in [5.41, 5.74) is 0. The van der Waals surface area contributed by atoms with E-state index in [1.807, 2.05) is 6.92 Å². The molecule has 2 N–H and O–H groups in total. The Morgan fingerprint density at radius 1 is 1.38 bits per heavy atom. The third-order valence-electron chi connectivity index (χ3n) is 2.92. The van der Waals surface area contributed by atoms with Gasteiger partial charge in [0.15, 0.2) is 0 Å². The zero-order valence-corrected chi connectivity index (χ0v) is 13.8. The first-order chi connectivity index (χ1) is 9.97. The molecule has 0 spiro atoms. The van der Waals surface area contributed by atoms with Gasteiger partial charge in [-0.15, -0.1) is 11.3 Å². The summed E-state index contributed by atoms with van der Waals surface area (Å²) >= 11 is 1.52. The monoisotopic (exact) mass is 326 g/mol. The summed E-state index contributed by atoms with van der Waals surface area (Å²) in [4.78, 5) is 9.55. The molecule has 114 valence electrons. The van der Waals surface area contributed by atoms with Crippen molar-refractivity contribution in [3.8, 4) is 0 Å². The molecule has 2 heterocycles. The summed E-state index contributed by atoms with van der Waals surface area (Å²) in [7, 11) is -2.02. The fourth-order valence-electron chi connectivity index (χ4n) is 1.83. The van der Waals surface area contributed by atoms with E-state index in [0.29, 0.717) is 5.82 Å². The first-order valence-electron chi connectivity index (χ1n) is 6.57. The lowest BCUT2D eigenvalue weighted by Gasteiger charge is -2.13. The fourth-order valence-corrected chi connectivity index (χ4v) is 4.13. The molecule has 0 aliphatic heterocycles. The van der Waals surface area contributed by atoms with Crippen molar-refractivity contribution < 1.29 is 8.42 Å². The van der Waals surface area contributed by atoms with Gasteiger partial charge in [0.25, 0.3) is 0 Å². The van der Waals surface area contributed by atoms with Crippen molar-refractivity contribution >= 4 is 27.2 Å². The Hall–Kier alpha value is -1.51. The second-order valence-electron chi connectivity index (χ2n) is 4.46. The molecule has 21 heavy (non-hydrogen) atoms. The summed E-state index contributed by atoms with van der Waals surface area (Å²) in [6.07, 6.45) is 4.22. The fraction of sp³-hybridized carbons (Fsp3) is 0.385. The lowest BCUT2D eigenvalue weighted by molar-refractivity contribution is 0.566. The maximum absolute atomic E-state index is 12.5. The van der Waals surface area contributed by atoms with E-state index in [1.54, 1.807) is 32.4 Å². The van der Waals surface area contributed by atoms with Crippen LogP contribution in [-0.4, -0.2) is 25.4 Å². The number of nitrogens with one attached hydrogen (secondary N) is 2. The molecule has 0 aliphatic carbocycles. The Kier molecular flexibility index (Phi) is 4.92. The van der Waals surface area contributed by atoms with Gasteiger partial charge < -0.3 is 5.32 Å². The van der Waals surface area contributed by atoms with Crippen molar-refractivity contribution in [2.45, 2.75) is 31.2 Å². The van der Waals surface area contributed by atoms with Crippen LogP contribution in [0.5, 0.6) is 0 Å². The standard InChI is InChI=1S/C13H18N4O2S2/c1-4-10-8-16-13(20-10)9(2)17-21(18,19)11-6-5-7-15-12(11)14-3/h5-9,17H,4H2,1-3H3,(H,14,15). The lowest BCUT2D eigenvalue weighted by Crippen LogP contribution is -2.27. The number of anilines is 1. The molecule has 0 fully saturated rings. The van der Waals surface area contributed by atoms with Gasteiger partial charge in [0.1, 0.15) is 15.7 Å². The van der Waals surface area contributed by atoms with Gasteiger partial charge >= 0.3 is 0 Å². The van der Waals surface area contributed by atoms with Crippen molar-refractivity contribution in [1.82, 2.24) is 14.7 Å². The molecule has 1 atom stereocenters. The maximum Gasteiger partial charge on any atom is 0.244 e. The predicted octanol–water partition coefficient (Wildman–Crippen LogP) is 2.18. The van der Waals surface area contributed by atoms with E-state index in [-0.39, 0.29) is 10.9 Å². The number of thiazole rings is 1. The number of sulfonamides is 1.